The van der Waals surface area contributed by atoms with E-state index in [4.69, 9.17) is 0 Å². The maximum atomic E-state index is 12.6. The summed E-state index contributed by atoms with van der Waals surface area (Å²) in [6.07, 6.45) is 2.66. The van der Waals surface area contributed by atoms with Gasteiger partial charge in [0.25, 0.3) is 0 Å². The molecule has 1 aliphatic heterocycles. The third kappa shape index (κ3) is 4.18. The molecule has 0 unspecified atom stereocenters. The zero-order valence-electron chi connectivity index (χ0n) is 14.4. The molecule has 134 valence electrons. The number of carboxylic acids is 1. The first-order chi connectivity index (χ1) is 11.9. The number of carboxylic acid groups (broad SMARTS) is 1. The minimum Gasteiger partial charge on any atom is -0.480 e. The van der Waals surface area contributed by atoms with E-state index in [-0.39, 0.29) is 24.7 Å². The van der Waals surface area contributed by atoms with Gasteiger partial charge < -0.3 is 15.3 Å². The topological polar surface area (TPSA) is 86.7 Å². The number of nitrogens with one attached hydrogen (secondary N) is 1. The molecular formula is C19H24N2O4. The summed E-state index contributed by atoms with van der Waals surface area (Å²) in [5.41, 5.74) is -0.559. The highest BCUT2D eigenvalue weighted by Gasteiger charge is 2.41. The normalized spacial score (nSPS) is 22.5. The predicted molar refractivity (Wildman–Crippen MR) is 91.7 cm³/mol. The van der Waals surface area contributed by atoms with Gasteiger partial charge in [0.2, 0.25) is 11.8 Å². The average molecular weight is 344 g/mol. The standard InChI is InChI=1S/C19H24N2O4/c1-19(18(24)25,10-13-5-3-2-4-6-13)20-17(23)15-9-16(22)21(12-15)11-14-7-8-14/h2-6,14-15H,7-12H2,1H3,(H,20,23)(H,24,25)/t15-,19-/m1/s1. The quantitative estimate of drug-likeness (QED) is 0.784. The first kappa shape index (κ1) is 17.5. The van der Waals surface area contributed by atoms with Crippen molar-refractivity contribution in [2.24, 2.45) is 11.8 Å². The number of hydrogen-bond acceptors (Lipinski definition) is 3. The second-order valence-corrected chi connectivity index (χ2v) is 7.43. The molecule has 1 saturated carbocycles. The van der Waals surface area contributed by atoms with Gasteiger partial charge in [-0.25, -0.2) is 4.79 Å². The van der Waals surface area contributed by atoms with Crippen molar-refractivity contribution in [2.75, 3.05) is 13.1 Å². The number of amides is 2. The van der Waals surface area contributed by atoms with Gasteiger partial charge in [0.1, 0.15) is 5.54 Å². The van der Waals surface area contributed by atoms with Crippen molar-refractivity contribution in [1.29, 1.82) is 0 Å². The van der Waals surface area contributed by atoms with Gasteiger partial charge >= 0.3 is 5.97 Å². The maximum absolute atomic E-state index is 12.6. The van der Waals surface area contributed by atoms with Crippen LogP contribution in [0.1, 0.15) is 31.7 Å². The predicted octanol–water partition coefficient (Wildman–Crippen LogP) is 1.45. The molecule has 3 rings (SSSR count). The van der Waals surface area contributed by atoms with E-state index in [1.165, 1.54) is 6.92 Å². The van der Waals surface area contributed by atoms with E-state index in [9.17, 15) is 19.5 Å². The van der Waals surface area contributed by atoms with E-state index in [1.54, 1.807) is 4.90 Å². The summed E-state index contributed by atoms with van der Waals surface area (Å²) in [6, 6.07) is 9.21. The van der Waals surface area contributed by atoms with Crippen LogP contribution in [0.25, 0.3) is 0 Å². The lowest BCUT2D eigenvalue weighted by molar-refractivity contribution is -0.147. The number of carbonyl (C=O) groups is 3. The van der Waals surface area contributed by atoms with Crippen LogP contribution in [0.2, 0.25) is 0 Å². The van der Waals surface area contributed by atoms with Gasteiger partial charge in [0.05, 0.1) is 5.92 Å². The van der Waals surface area contributed by atoms with Gasteiger partial charge in [-0.1, -0.05) is 30.3 Å². The molecule has 1 aliphatic carbocycles. The summed E-state index contributed by atoms with van der Waals surface area (Å²) < 4.78 is 0. The second kappa shape index (κ2) is 6.86. The van der Waals surface area contributed by atoms with Gasteiger partial charge in [-0.15, -0.1) is 0 Å². The molecule has 25 heavy (non-hydrogen) atoms. The van der Waals surface area contributed by atoms with E-state index in [1.807, 2.05) is 30.3 Å². The molecule has 2 N–H and O–H groups in total. The van der Waals surface area contributed by atoms with Crippen molar-refractivity contribution in [3.05, 3.63) is 35.9 Å². The number of likely N-dealkylation sites (tertiary alicyclic amines) is 1. The highest BCUT2D eigenvalue weighted by Crippen LogP contribution is 2.32. The van der Waals surface area contributed by atoms with Crippen LogP contribution in [0.5, 0.6) is 0 Å². The van der Waals surface area contributed by atoms with E-state index in [0.29, 0.717) is 12.5 Å². The number of hydrogen-bond donors (Lipinski definition) is 2. The number of aliphatic carboxylic acids is 1. The Kier molecular flexibility index (Phi) is 4.79. The molecule has 1 saturated heterocycles. The highest BCUT2D eigenvalue weighted by atomic mass is 16.4. The minimum absolute atomic E-state index is 0.00728. The number of carbonyl (C=O) groups excluding carboxylic acids is 2. The van der Waals surface area contributed by atoms with E-state index in [0.717, 1.165) is 24.9 Å². The minimum atomic E-state index is -1.40. The first-order valence-electron chi connectivity index (χ1n) is 8.74. The number of rotatable bonds is 7. The molecule has 2 aliphatic rings. The SMILES string of the molecule is C[C@](Cc1ccccc1)(NC(=O)[C@@H]1CC(=O)N(CC2CC2)C1)C(=O)O. The number of benzene rings is 1. The molecule has 1 aromatic carbocycles. The van der Waals surface area contributed by atoms with Crippen molar-refractivity contribution < 1.29 is 19.5 Å². The molecule has 0 spiro atoms. The zero-order valence-corrected chi connectivity index (χ0v) is 14.4. The van der Waals surface area contributed by atoms with Gasteiger partial charge in [-0.3, -0.25) is 9.59 Å². The third-order valence-corrected chi connectivity index (χ3v) is 5.03. The van der Waals surface area contributed by atoms with Crippen LogP contribution in [0.15, 0.2) is 30.3 Å². The summed E-state index contributed by atoms with van der Waals surface area (Å²) >= 11 is 0. The van der Waals surface area contributed by atoms with Crippen LogP contribution in [0, 0.1) is 11.8 Å². The van der Waals surface area contributed by atoms with Crippen LogP contribution < -0.4 is 5.32 Å². The summed E-state index contributed by atoms with van der Waals surface area (Å²) in [6.45, 7) is 2.63. The molecule has 1 aromatic rings. The summed E-state index contributed by atoms with van der Waals surface area (Å²) in [7, 11) is 0. The van der Waals surface area contributed by atoms with Crippen LogP contribution in [-0.2, 0) is 20.8 Å². The Morgan fingerprint density at radius 2 is 1.96 bits per heavy atom. The fourth-order valence-electron chi connectivity index (χ4n) is 3.29. The Hall–Kier alpha value is -2.37. The lowest BCUT2D eigenvalue weighted by Gasteiger charge is -2.28. The van der Waals surface area contributed by atoms with E-state index < -0.39 is 17.4 Å². The summed E-state index contributed by atoms with van der Waals surface area (Å²) in [5, 5.41) is 12.3. The Morgan fingerprint density at radius 1 is 1.28 bits per heavy atom. The Morgan fingerprint density at radius 3 is 2.56 bits per heavy atom. The van der Waals surface area contributed by atoms with E-state index >= 15 is 0 Å². The van der Waals surface area contributed by atoms with Crippen molar-refractivity contribution in [3.63, 3.8) is 0 Å². The Bertz CT molecular complexity index is 671. The van der Waals surface area contributed by atoms with Crippen molar-refractivity contribution in [1.82, 2.24) is 10.2 Å². The molecule has 1 heterocycles. The smallest absolute Gasteiger partial charge is 0.329 e. The second-order valence-electron chi connectivity index (χ2n) is 7.43. The largest absolute Gasteiger partial charge is 0.480 e. The molecule has 2 amide bonds. The van der Waals surface area contributed by atoms with Gasteiger partial charge in [-0.05, 0) is 31.2 Å². The molecule has 2 atom stereocenters. The van der Waals surface area contributed by atoms with E-state index in [2.05, 4.69) is 5.32 Å². The van der Waals surface area contributed by atoms with Crippen molar-refractivity contribution in [2.45, 2.75) is 38.1 Å². The van der Waals surface area contributed by atoms with Crippen molar-refractivity contribution >= 4 is 17.8 Å². The Balaban J connectivity index is 1.64. The van der Waals surface area contributed by atoms with Crippen LogP contribution in [0.3, 0.4) is 0 Å². The molecule has 6 heteroatoms. The summed E-state index contributed by atoms with van der Waals surface area (Å²) in [5.74, 6) is -1.34. The lowest BCUT2D eigenvalue weighted by atomic mass is 9.91. The lowest BCUT2D eigenvalue weighted by Crippen LogP contribution is -2.55. The molecule has 0 radical (unpaired) electrons. The molecule has 0 aromatic heterocycles. The third-order valence-electron chi connectivity index (χ3n) is 5.03. The molecule has 6 nitrogen and oxygen atoms in total. The molecular weight excluding hydrogens is 320 g/mol. The zero-order chi connectivity index (χ0) is 18.0. The van der Waals surface area contributed by atoms with Crippen LogP contribution >= 0.6 is 0 Å². The van der Waals surface area contributed by atoms with Crippen molar-refractivity contribution in [3.8, 4) is 0 Å². The fourth-order valence-corrected chi connectivity index (χ4v) is 3.29. The summed E-state index contributed by atoms with van der Waals surface area (Å²) in [4.78, 5) is 38.2. The first-order valence-corrected chi connectivity index (χ1v) is 8.74. The highest BCUT2D eigenvalue weighted by molar-refractivity contribution is 5.92. The molecule has 0 bridgehead atoms. The molecule has 2 fully saturated rings. The van der Waals surface area contributed by atoms with Gasteiger partial charge in [0, 0.05) is 25.9 Å². The van der Waals surface area contributed by atoms with Gasteiger partial charge in [0.15, 0.2) is 0 Å². The Labute approximate surface area is 147 Å². The monoisotopic (exact) mass is 344 g/mol. The van der Waals surface area contributed by atoms with Crippen LogP contribution in [0.4, 0.5) is 0 Å². The van der Waals surface area contributed by atoms with Gasteiger partial charge in [-0.2, -0.15) is 0 Å². The average Bonchev–Trinajstić information content (AvgIpc) is 3.30. The maximum Gasteiger partial charge on any atom is 0.329 e. The van der Waals surface area contributed by atoms with Crippen LogP contribution in [-0.4, -0.2) is 46.4 Å². The fraction of sp³-hybridized carbons (Fsp3) is 0.526. The number of nitrogens with zero attached hydrogens (tertiary/aromatic N) is 1.